The highest BCUT2D eigenvalue weighted by Gasteiger charge is 2.18. The number of carbonyl (C=O) groups excluding carboxylic acids is 1. The minimum absolute atomic E-state index is 0.102. The molecule has 0 radical (unpaired) electrons. The van der Waals surface area contributed by atoms with Crippen LogP contribution in [0.4, 0.5) is 5.69 Å². The standard InChI is InChI=1S/C23H23ClN2O5S/c1-16(17-6-4-3-5-7-17)26-32(28,29)20-11-9-19(10-12-20)31-15-23(27)25-18-8-13-22(30-2)21(24)14-18/h3-14,16,26H,15H2,1-2H3,(H,25,27). The van der Waals surface area contributed by atoms with E-state index in [1.807, 2.05) is 30.3 Å². The van der Waals surface area contributed by atoms with Gasteiger partial charge >= 0.3 is 0 Å². The number of halogens is 1. The van der Waals surface area contributed by atoms with Crippen LogP contribution in [0.3, 0.4) is 0 Å². The molecule has 0 heterocycles. The first-order valence-electron chi connectivity index (χ1n) is 9.72. The summed E-state index contributed by atoms with van der Waals surface area (Å²) in [4.78, 5) is 12.2. The molecule has 0 spiro atoms. The number of nitrogens with one attached hydrogen (secondary N) is 2. The number of methoxy groups -OCH3 is 1. The zero-order chi connectivity index (χ0) is 23.1. The molecule has 32 heavy (non-hydrogen) atoms. The molecule has 0 aromatic heterocycles. The van der Waals surface area contributed by atoms with Crippen LogP contribution in [-0.2, 0) is 14.8 Å². The molecule has 0 aliphatic rings. The molecule has 3 aromatic rings. The molecule has 0 saturated heterocycles. The molecule has 0 aliphatic carbocycles. The van der Waals surface area contributed by atoms with E-state index in [1.165, 1.54) is 31.4 Å². The molecule has 3 aromatic carbocycles. The summed E-state index contributed by atoms with van der Waals surface area (Å²) in [7, 11) is -2.21. The molecule has 0 bridgehead atoms. The molecule has 0 aliphatic heterocycles. The fraction of sp³-hybridized carbons (Fsp3) is 0.174. The first-order valence-corrected chi connectivity index (χ1v) is 11.6. The van der Waals surface area contributed by atoms with Gasteiger partial charge in [-0.2, -0.15) is 0 Å². The van der Waals surface area contributed by atoms with Gasteiger partial charge in [0.25, 0.3) is 5.91 Å². The highest BCUT2D eigenvalue weighted by molar-refractivity contribution is 7.89. The van der Waals surface area contributed by atoms with E-state index in [0.29, 0.717) is 22.2 Å². The van der Waals surface area contributed by atoms with Crippen molar-refractivity contribution in [3.8, 4) is 11.5 Å². The highest BCUT2D eigenvalue weighted by Crippen LogP contribution is 2.27. The van der Waals surface area contributed by atoms with Crippen molar-refractivity contribution in [2.75, 3.05) is 19.0 Å². The van der Waals surface area contributed by atoms with Crippen molar-refractivity contribution < 1.29 is 22.7 Å². The highest BCUT2D eigenvalue weighted by atomic mass is 35.5. The lowest BCUT2D eigenvalue weighted by molar-refractivity contribution is -0.118. The van der Waals surface area contributed by atoms with Crippen LogP contribution < -0.4 is 19.5 Å². The summed E-state index contributed by atoms with van der Waals surface area (Å²) in [5, 5.41) is 3.04. The fourth-order valence-electron chi connectivity index (χ4n) is 2.92. The van der Waals surface area contributed by atoms with E-state index in [9.17, 15) is 13.2 Å². The summed E-state index contributed by atoms with van der Waals surface area (Å²) < 4.78 is 38.4. The summed E-state index contributed by atoms with van der Waals surface area (Å²) in [5.41, 5.74) is 1.37. The van der Waals surface area contributed by atoms with Crippen LogP contribution in [-0.4, -0.2) is 28.0 Å². The lowest BCUT2D eigenvalue weighted by Gasteiger charge is -2.15. The summed E-state index contributed by atoms with van der Waals surface area (Å²) in [5.74, 6) is 0.480. The molecular formula is C23H23ClN2O5S. The fourth-order valence-corrected chi connectivity index (χ4v) is 4.41. The molecule has 7 nitrogen and oxygen atoms in total. The molecule has 3 rings (SSSR count). The number of benzene rings is 3. The van der Waals surface area contributed by atoms with Crippen LogP contribution in [0.2, 0.25) is 5.02 Å². The van der Waals surface area contributed by atoms with E-state index in [4.69, 9.17) is 21.1 Å². The summed E-state index contributed by atoms with van der Waals surface area (Å²) in [6.45, 7) is 1.53. The lowest BCUT2D eigenvalue weighted by atomic mass is 10.1. The zero-order valence-electron chi connectivity index (χ0n) is 17.5. The van der Waals surface area contributed by atoms with Gasteiger partial charge in [0.2, 0.25) is 10.0 Å². The van der Waals surface area contributed by atoms with Crippen LogP contribution in [0.5, 0.6) is 11.5 Å². The van der Waals surface area contributed by atoms with Gasteiger partial charge in [-0.1, -0.05) is 41.9 Å². The average molecular weight is 475 g/mol. The Balaban J connectivity index is 1.56. The number of carbonyl (C=O) groups is 1. The van der Waals surface area contributed by atoms with Crippen molar-refractivity contribution in [3.05, 3.63) is 83.4 Å². The number of amides is 1. The van der Waals surface area contributed by atoms with E-state index < -0.39 is 10.0 Å². The Morgan fingerprint density at radius 1 is 1.03 bits per heavy atom. The van der Waals surface area contributed by atoms with Crippen molar-refractivity contribution in [2.45, 2.75) is 17.9 Å². The molecule has 0 fully saturated rings. The molecule has 2 N–H and O–H groups in total. The van der Waals surface area contributed by atoms with E-state index in [0.717, 1.165) is 5.56 Å². The number of hydrogen-bond acceptors (Lipinski definition) is 5. The van der Waals surface area contributed by atoms with Crippen molar-refractivity contribution in [2.24, 2.45) is 0 Å². The largest absolute Gasteiger partial charge is 0.495 e. The molecule has 1 amide bonds. The van der Waals surface area contributed by atoms with Crippen LogP contribution in [0.25, 0.3) is 0 Å². The smallest absolute Gasteiger partial charge is 0.262 e. The summed E-state index contributed by atoms with van der Waals surface area (Å²) >= 11 is 6.04. The van der Waals surface area contributed by atoms with Crippen molar-refractivity contribution in [1.82, 2.24) is 4.72 Å². The van der Waals surface area contributed by atoms with Crippen molar-refractivity contribution >= 4 is 33.2 Å². The average Bonchev–Trinajstić information content (AvgIpc) is 2.78. The second-order valence-corrected chi connectivity index (χ2v) is 9.03. The maximum absolute atomic E-state index is 12.6. The Hall–Kier alpha value is -3.07. The topological polar surface area (TPSA) is 93.7 Å². The van der Waals surface area contributed by atoms with Crippen molar-refractivity contribution in [1.29, 1.82) is 0 Å². The molecular weight excluding hydrogens is 452 g/mol. The van der Waals surface area contributed by atoms with Crippen LogP contribution in [0.1, 0.15) is 18.5 Å². The van der Waals surface area contributed by atoms with Gasteiger partial charge in [0.1, 0.15) is 11.5 Å². The minimum atomic E-state index is -3.71. The maximum Gasteiger partial charge on any atom is 0.262 e. The molecule has 168 valence electrons. The molecule has 1 atom stereocenters. The summed E-state index contributed by atoms with van der Waals surface area (Å²) in [6, 6.07) is 19.6. The quantitative estimate of drug-likeness (QED) is 0.479. The zero-order valence-corrected chi connectivity index (χ0v) is 19.1. The van der Waals surface area contributed by atoms with Gasteiger partial charge in [0, 0.05) is 11.7 Å². The second-order valence-electron chi connectivity index (χ2n) is 6.91. The van der Waals surface area contributed by atoms with E-state index in [1.54, 1.807) is 25.1 Å². The normalized spacial score (nSPS) is 12.1. The maximum atomic E-state index is 12.6. The van der Waals surface area contributed by atoms with Gasteiger partial charge in [0.15, 0.2) is 6.61 Å². The molecule has 9 heteroatoms. The van der Waals surface area contributed by atoms with E-state index >= 15 is 0 Å². The van der Waals surface area contributed by atoms with E-state index in [-0.39, 0.29) is 23.5 Å². The first kappa shape index (κ1) is 23.6. The molecule has 1 unspecified atom stereocenters. The lowest BCUT2D eigenvalue weighted by Crippen LogP contribution is -2.26. The van der Waals surface area contributed by atoms with E-state index in [2.05, 4.69) is 10.0 Å². The third kappa shape index (κ3) is 6.23. The van der Waals surface area contributed by atoms with Gasteiger partial charge in [-0.15, -0.1) is 0 Å². The third-order valence-electron chi connectivity index (χ3n) is 4.57. The van der Waals surface area contributed by atoms with Gasteiger partial charge in [-0.3, -0.25) is 4.79 Å². The Kier molecular flexibility index (Phi) is 7.74. The number of hydrogen-bond donors (Lipinski definition) is 2. The molecule has 0 saturated carbocycles. The van der Waals surface area contributed by atoms with Gasteiger partial charge in [-0.05, 0) is 55.0 Å². The predicted octanol–water partition coefficient (Wildman–Crippen LogP) is 4.41. The van der Waals surface area contributed by atoms with Gasteiger partial charge < -0.3 is 14.8 Å². The van der Waals surface area contributed by atoms with Gasteiger partial charge in [-0.25, -0.2) is 13.1 Å². The second kappa shape index (κ2) is 10.5. The van der Waals surface area contributed by atoms with Crippen molar-refractivity contribution in [3.63, 3.8) is 0 Å². The predicted molar refractivity (Wildman–Crippen MR) is 124 cm³/mol. The number of sulfonamides is 1. The number of anilines is 1. The monoisotopic (exact) mass is 474 g/mol. The van der Waals surface area contributed by atoms with Crippen LogP contribution in [0, 0.1) is 0 Å². The van der Waals surface area contributed by atoms with Gasteiger partial charge in [0.05, 0.1) is 17.0 Å². The Bertz CT molecular complexity index is 1170. The Morgan fingerprint density at radius 3 is 2.34 bits per heavy atom. The first-order chi connectivity index (χ1) is 15.3. The SMILES string of the molecule is COc1ccc(NC(=O)COc2ccc(S(=O)(=O)NC(C)c3ccccc3)cc2)cc1Cl. The Morgan fingerprint density at radius 2 is 1.72 bits per heavy atom. The van der Waals surface area contributed by atoms with Crippen LogP contribution >= 0.6 is 11.6 Å². The minimum Gasteiger partial charge on any atom is -0.495 e. The summed E-state index contributed by atoms with van der Waals surface area (Å²) in [6.07, 6.45) is 0. The van der Waals surface area contributed by atoms with Crippen LogP contribution in [0.15, 0.2) is 77.7 Å². The number of rotatable bonds is 9. The third-order valence-corrected chi connectivity index (χ3v) is 6.42. The number of ether oxygens (including phenoxy) is 2. The Labute approximate surface area is 192 Å².